The van der Waals surface area contributed by atoms with E-state index in [4.69, 9.17) is 14.3 Å². The summed E-state index contributed by atoms with van der Waals surface area (Å²) in [5.41, 5.74) is 3.78. The average Bonchev–Trinajstić information content (AvgIpc) is 3.08. The summed E-state index contributed by atoms with van der Waals surface area (Å²) in [6.07, 6.45) is 2.15. The second kappa shape index (κ2) is 4.90. The van der Waals surface area contributed by atoms with Crippen LogP contribution in [-0.4, -0.2) is 24.9 Å². The number of benzene rings is 1. The molecule has 0 saturated carbocycles. The van der Waals surface area contributed by atoms with Crippen LogP contribution in [0.3, 0.4) is 0 Å². The maximum atomic E-state index is 5.88. The molecule has 4 heteroatoms. The largest absolute Gasteiger partial charge is 0.497 e. The Morgan fingerprint density at radius 3 is 2.86 bits per heavy atom. The Kier molecular flexibility index (Phi) is 2.99. The van der Waals surface area contributed by atoms with Crippen molar-refractivity contribution < 1.29 is 9.15 Å². The van der Waals surface area contributed by atoms with Crippen LogP contribution in [0.1, 0.15) is 35.1 Å². The minimum atomic E-state index is 0.207. The van der Waals surface area contributed by atoms with Gasteiger partial charge in [0.15, 0.2) is 0 Å². The topological polar surface area (TPSA) is 38.0 Å². The fraction of sp³-hybridized carbons (Fsp3) is 0.389. The molecule has 0 radical (unpaired) electrons. The highest BCUT2D eigenvalue weighted by Gasteiger charge is 2.41. The van der Waals surface area contributed by atoms with Crippen LogP contribution >= 0.6 is 0 Å². The van der Waals surface area contributed by atoms with Crippen molar-refractivity contribution in [3.63, 3.8) is 0 Å². The van der Waals surface area contributed by atoms with Crippen LogP contribution in [-0.2, 0) is 6.42 Å². The second-order valence-corrected chi connectivity index (χ2v) is 6.12. The quantitative estimate of drug-likeness (QED) is 0.850. The number of aryl methyl sites for hydroxylation is 2. The zero-order chi connectivity index (χ0) is 15.3. The van der Waals surface area contributed by atoms with E-state index >= 15 is 0 Å². The van der Waals surface area contributed by atoms with Crippen LogP contribution < -0.4 is 4.74 Å². The number of methoxy groups -OCH3 is 1. The van der Waals surface area contributed by atoms with Crippen molar-refractivity contribution in [2.24, 2.45) is 11.0 Å². The van der Waals surface area contributed by atoms with Crippen molar-refractivity contribution in [2.45, 2.75) is 25.8 Å². The monoisotopic (exact) mass is 296 g/mol. The highest BCUT2D eigenvalue weighted by Crippen LogP contribution is 2.43. The van der Waals surface area contributed by atoms with Gasteiger partial charge in [-0.1, -0.05) is 0 Å². The SMILES string of the molecule is COc1ccc2c(c1)CC[C@@H]1C2=NN(C)[C@H]1c1ccc(C)o1. The molecule has 1 aromatic carbocycles. The molecule has 0 spiro atoms. The summed E-state index contributed by atoms with van der Waals surface area (Å²) in [4.78, 5) is 0. The Morgan fingerprint density at radius 2 is 2.14 bits per heavy atom. The molecular weight excluding hydrogens is 276 g/mol. The molecule has 1 aliphatic carbocycles. The third-order valence-electron chi connectivity index (χ3n) is 4.77. The molecule has 2 aliphatic rings. The maximum absolute atomic E-state index is 5.88. The zero-order valence-electron chi connectivity index (χ0n) is 13.2. The lowest BCUT2D eigenvalue weighted by molar-refractivity contribution is 0.209. The van der Waals surface area contributed by atoms with Crippen LogP contribution in [0.2, 0.25) is 0 Å². The van der Waals surface area contributed by atoms with Gasteiger partial charge in [-0.25, -0.2) is 0 Å². The van der Waals surface area contributed by atoms with Crippen molar-refractivity contribution in [3.8, 4) is 5.75 Å². The number of nitrogens with zero attached hydrogens (tertiary/aromatic N) is 2. The molecule has 0 unspecified atom stereocenters. The van der Waals surface area contributed by atoms with E-state index in [2.05, 4.69) is 23.2 Å². The zero-order valence-corrected chi connectivity index (χ0v) is 13.2. The molecule has 2 heterocycles. The molecule has 114 valence electrons. The molecular formula is C18H20N2O2. The molecule has 22 heavy (non-hydrogen) atoms. The Bertz CT molecular complexity index is 747. The van der Waals surface area contributed by atoms with E-state index in [1.807, 2.05) is 26.1 Å². The number of ether oxygens (including phenoxy) is 1. The smallest absolute Gasteiger partial charge is 0.128 e. The molecule has 0 saturated heterocycles. The fourth-order valence-corrected chi connectivity index (χ4v) is 3.72. The van der Waals surface area contributed by atoms with Crippen LogP contribution in [0, 0.1) is 12.8 Å². The first-order valence-corrected chi connectivity index (χ1v) is 7.72. The van der Waals surface area contributed by atoms with Crippen LogP contribution in [0.4, 0.5) is 0 Å². The summed E-state index contributed by atoms with van der Waals surface area (Å²) < 4.78 is 11.2. The Balaban J connectivity index is 1.73. The number of hydrogen-bond acceptors (Lipinski definition) is 4. The van der Waals surface area contributed by atoms with Crippen molar-refractivity contribution >= 4 is 5.71 Å². The van der Waals surface area contributed by atoms with Crippen molar-refractivity contribution in [1.29, 1.82) is 0 Å². The van der Waals surface area contributed by atoms with Crippen LogP contribution in [0.5, 0.6) is 5.75 Å². The van der Waals surface area contributed by atoms with Gasteiger partial charge in [0.25, 0.3) is 0 Å². The van der Waals surface area contributed by atoms with Gasteiger partial charge in [-0.05, 0) is 55.7 Å². The maximum Gasteiger partial charge on any atom is 0.128 e. The summed E-state index contributed by atoms with van der Waals surface area (Å²) >= 11 is 0. The molecule has 0 N–H and O–H groups in total. The standard InChI is InChI=1S/C18H20N2O2/c1-11-4-9-16(22-11)18-15-7-5-12-10-13(21-3)6-8-14(12)17(15)19-20(18)2/h4,6,8-10,15,18H,5,7H2,1-3H3/t15-,18-/m1/s1. The third-order valence-corrected chi connectivity index (χ3v) is 4.77. The predicted octanol–water partition coefficient (Wildman–Crippen LogP) is 3.55. The summed E-state index contributed by atoms with van der Waals surface area (Å²) in [5.74, 6) is 3.29. The molecule has 0 amide bonds. The minimum absolute atomic E-state index is 0.207. The summed E-state index contributed by atoms with van der Waals surface area (Å²) in [6.45, 7) is 1.99. The highest BCUT2D eigenvalue weighted by molar-refractivity contribution is 6.05. The molecule has 2 aromatic rings. The molecule has 4 rings (SSSR count). The average molecular weight is 296 g/mol. The lowest BCUT2D eigenvalue weighted by atomic mass is 9.78. The van der Waals surface area contributed by atoms with E-state index in [9.17, 15) is 0 Å². The van der Waals surface area contributed by atoms with E-state index in [1.54, 1.807) is 7.11 Å². The third kappa shape index (κ3) is 1.94. The number of furan rings is 1. The van der Waals surface area contributed by atoms with Gasteiger partial charge < -0.3 is 9.15 Å². The number of fused-ring (bicyclic) bond motifs is 3. The highest BCUT2D eigenvalue weighted by atomic mass is 16.5. The van der Waals surface area contributed by atoms with E-state index in [-0.39, 0.29) is 6.04 Å². The first kappa shape index (κ1) is 13.4. The molecule has 1 aromatic heterocycles. The Hall–Kier alpha value is -2.23. The van der Waals surface area contributed by atoms with Gasteiger partial charge in [0, 0.05) is 18.5 Å². The van der Waals surface area contributed by atoms with Crippen molar-refractivity contribution in [1.82, 2.24) is 5.01 Å². The predicted molar refractivity (Wildman–Crippen MR) is 85.3 cm³/mol. The molecule has 2 atom stereocenters. The van der Waals surface area contributed by atoms with Gasteiger partial charge in [0.2, 0.25) is 0 Å². The van der Waals surface area contributed by atoms with Gasteiger partial charge >= 0.3 is 0 Å². The molecule has 0 bridgehead atoms. The number of hydrogen-bond donors (Lipinski definition) is 0. The van der Waals surface area contributed by atoms with Crippen LogP contribution in [0.25, 0.3) is 0 Å². The lowest BCUT2D eigenvalue weighted by Crippen LogP contribution is -2.27. The van der Waals surface area contributed by atoms with E-state index in [0.717, 1.165) is 30.1 Å². The Labute approximate surface area is 130 Å². The lowest BCUT2D eigenvalue weighted by Gasteiger charge is -2.27. The summed E-state index contributed by atoms with van der Waals surface area (Å²) in [5, 5.41) is 6.88. The van der Waals surface area contributed by atoms with Crippen molar-refractivity contribution in [3.05, 3.63) is 53.0 Å². The molecule has 4 nitrogen and oxygen atoms in total. The van der Waals surface area contributed by atoms with E-state index < -0.39 is 0 Å². The fourth-order valence-electron chi connectivity index (χ4n) is 3.72. The summed E-state index contributed by atoms with van der Waals surface area (Å²) in [6, 6.07) is 10.6. The van der Waals surface area contributed by atoms with Gasteiger partial charge in [-0.15, -0.1) is 0 Å². The first-order valence-electron chi connectivity index (χ1n) is 7.72. The number of hydrazone groups is 1. The Morgan fingerprint density at radius 1 is 1.27 bits per heavy atom. The molecule has 0 fully saturated rings. The molecule has 1 aliphatic heterocycles. The number of rotatable bonds is 2. The summed E-state index contributed by atoms with van der Waals surface area (Å²) in [7, 11) is 3.75. The van der Waals surface area contributed by atoms with Gasteiger partial charge in [0.05, 0.1) is 12.8 Å². The first-order chi connectivity index (χ1) is 10.7. The second-order valence-electron chi connectivity index (χ2n) is 6.12. The van der Waals surface area contributed by atoms with E-state index in [0.29, 0.717) is 5.92 Å². The van der Waals surface area contributed by atoms with Crippen LogP contribution in [0.15, 0.2) is 39.9 Å². The van der Waals surface area contributed by atoms with Gasteiger partial charge in [0.1, 0.15) is 23.3 Å². The van der Waals surface area contributed by atoms with Crippen molar-refractivity contribution in [2.75, 3.05) is 14.2 Å². The van der Waals surface area contributed by atoms with E-state index in [1.165, 1.54) is 16.8 Å². The minimum Gasteiger partial charge on any atom is -0.497 e. The normalized spacial score (nSPS) is 23.0. The van der Waals surface area contributed by atoms with Gasteiger partial charge in [-0.3, -0.25) is 5.01 Å². The van der Waals surface area contributed by atoms with Gasteiger partial charge in [-0.2, -0.15) is 5.10 Å².